The number of pyridine rings is 1. The van der Waals surface area contributed by atoms with Crippen molar-refractivity contribution in [1.82, 2.24) is 10.4 Å². The number of aromatic nitrogens is 1. The van der Waals surface area contributed by atoms with Crippen molar-refractivity contribution >= 4 is 29.5 Å². The van der Waals surface area contributed by atoms with Crippen LogP contribution in [0, 0.1) is 0 Å². The SMILES string of the molecule is CC(=O)Oc1ccnc(C=NNC(N)=S)c1. The second-order valence-electron chi connectivity index (χ2n) is 2.74. The molecule has 0 atom stereocenters. The summed E-state index contributed by atoms with van der Waals surface area (Å²) in [5.41, 5.74) is 8.07. The first kappa shape index (κ1) is 12.1. The number of hydrogen-bond acceptors (Lipinski definition) is 5. The summed E-state index contributed by atoms with van der Waals surface area (Å²) < 4.78 is 4.87. The summed E-state index contributed by atoms with van der Waals surface area (Å²) in [6, 6.07) is 3.13. The van der Waals surface area contributed by atoms with Crippen LogP contribution in [0.15, 0.2) is 23.4 Å². The zero-order chi connectivity index (χ0) is 12.0. The Kier molecular flexibility index (Phi) is 4.34. The number of nitrogens with zero attached hydrogens (tertiary/aromatic N) is 2. The van der Waals surface area contributed by atoms with Gasteiger partial charge in [0, 0.05) is 19.2 Å². The van der Waals surface area contributed by atoms with Crippen molar-refractivity contribution in [2.24, 2.45) is 10.8 Å². The van der Waals surface area contributed by atoms with E-state index in [1.54, 1.807) is 12.1 Å². The first-order valence-corrected chi connectivity index (χ1v) is 4.72. The van der Waals surface area contributed by atoms with Crippen molar-refractivity contribution in [3.8, 4) is 5.75 Å². The average molecular weight is 238 g/mol. The molecule has 0 amide bonds. The van der Waals surface area contributed by atoms with Crippen molar-refractivity contribution in [3.63, 3.8) is 0 Å². The molecule has 3 N–H and O–H groups in total. The van der Waals surface area contributed by atoms with Gasteiger partial charge in [0.2, 0.25) is 0 Å². The lowest BCUT2D eigenvalue weighted by Crippen LogP contribution is -2.24. The zero-order valence-electron chi connectivity index (χ0n) is 8.51. The molecule has 0 spiro atoms. The molecule has 1 rings (SSSR count). The summed E-state index contributed by atoms with van der Waals surface area (Å²) in [6.45, 7) is 1.32. The Bertz CT molecular complexity index is 433. The van der Waals surface area contributed by atoms with Crippen LogP contribution in [0.25, 0.3) is 0 Å². The smallest absolute Gasteiger partial charge is 0.308 e. The Labute approximate surface area is 97.5 Å². The Morgan fingerprint density at radius 2 is 2.50 bits per heavy atom. The monoisotopic (exact) mass is 238 g/mol. The van der Waals surface area contributed by atoms with Crippen LogP contribution in [0.3, 0.4) is 0 Å². The van der Waals surface area contributed by atoms with Gasteiger partial charge >= 0.3 is 5.97 Å². The Hall–Kier alpha value is -2.02. The van der Waals surface area contributed by atoms with Crippen molar-refractivity contribution < 1.29 is 9.53 Å². The van der Waals surface area contributed by atoms with Gasteiger partial charge in [0.15, 0.2) is 5.11 Å². The molecule has 1 aromatic rings. The number of hydrazone groups is 1. The lowest BCUT2D eigenvalue weighted by atomic mass is 10.3. The summed E-state index contributed by atoms with van der Waals surface area (Å²) in [7, 11) is 0. The fourth-order valence-corrected chi connectivity index (χ4v) is 0.943. The number of rotatable bonds is 3. The summed E-state index contributed by atoms with van der Waals surface area (Å²) in [5, 5.41) is 3.78. The molecular formula is C9H10N4O2S. The zero-order valence-corrected chi connectivity index (χ0v) is 9.32. The first-order chi connectivity index (χ1) is 7.58. The molecule has 6 nitrogen and oxygen atoms in total. The maximum Gasteiger partial charge on any atom is 0.308 e. The Morgan fingerprint density at radius 1 is 1.75 bits per heavy atom. The van der Waals surface area contributed by atoms with Gasteiger partial charge in [-0.2, -0.15) is 5.10 Å². The number of nitrogens with two attached hydrogens (primary N) is 1. The summed E-state index contributed by atoms with van der Waals surface area (Å²) in [6.07, 6.45) is 2.91. The number of carbonyl (C=O) groups is 1. The van der Waals surface area contributed by atoms with Gasteiger partial charge < -0.3 is 10.5 Å². The molecule has 0 fully saturated rings. The molecule has 84 valence electrons. The second kappa shape index (κ2) is 5.76. The van der Waals surface area contributed by atoms with E-state index in [-0.39, 0.29) is 5.11 Å². The molecule has 16 heavy (non-hydrogen) atoms. The quantitative estimate of drug-likeness (QED) is 0.338. The van der Waals surface area contributed by atoms with E-state index in [1.165, 1.54) is 19.3 Å². The topological polar surface area (TPSA) is 89.6 Å². The van der Waals surface area contributed by atoms with Crippen LogP contribution < -0.4 is 15.9 Å². The highest BCUT2D eigenvalue weighted by Gasteiger charge is 1.98. The highest BCUT2D eigenvalue weighted by atomic mass is 32.1. The van der Waals surface area contributed by atoms with Gasteiger partial charge in [-0.15, -0.1) is 0 Å². The third-order valence-corrected chi connectivity index (χ3v) is 1.48. The third kappa shape index (κ3) is 4.47. The minimum Gasteiger partial charge on any atom is -0.427 e. The van der Waals surface area contributed by atoms with Gasteiger partial charge in [0.1, 0.15) is 5.75 Å². The van der Waals surface area contributed by atoms with Crippen molar-refractivity contribution in [1.29, 1.82) is 0 Å². The molecule has 0 bridgehead atoms. The standard InChI is InChI=1S/C9H10N4O2S/c1-6(14)15-8-2-3-11-7(4-8)5-12-13-9(10)16/h2-5H,1H3,(H3,10,13,16). The van der Waals surface area contributed by atoms with Gasteiger partial charge in [-0.1, -0.05) is 0 Å². The molecule has 0 aliphatic rings. The van der Waals surface area contributed by atoms with Gasteiger partial charge in [-0.25, -0.2) is 0 Å². The molecule has 0 aliphatic heterocycles. The summed E-state index contributed by atoms with van der Waals surface area (Å²) in [5.74, 6) is 0.00891. The van der Waals surface area contributed by atoms with Gasteiger partial charge in [0.05, 0.1) is 11.9 Å². The highest BCUT2D eigenvalue weighted by Crippen LogP contribution is 2.09. The lowest BCUT2D eigenvalue weighted by molar-refractivity contribution is -0.131. The van der Waals surface area contributed by atoms with E-state index in [0.717, 1.165) is 0 Å². The van der Waals surface area contributed by atoms with Gasteiger partial charge in [-0.3, -0.25) is 15.2 Å². The predicted molar refractivity (Wildman–Crippen MR) is 63.1 cm³/mol. The number of thiocarbonyl (C=S) groups is 1. The van der Waals surface area contributed by atoms with Crippen LogP contribution in [-0.2, 0) is 4.79 Å². The molecule has 0 unspecified atom stereocenters. The van der Waals surface area contributed by atoms with Crippen molar-refractivity contribution in [3.05, 3.63) is 24.0 Å². The van der Waals surface area contributed by atoms with Crippen molar-refractivity contribution in [2.45, 2.75) is 6.92 Å². The molecule has 1 heterocycles. The van der Waals surface area contributed by atoms with E-state index in [0.29, 0.717) is 11.4 Å². The van der Waals surface area contributed by atoms with E-state index >= 15 is 0 Å². The fourth-order valence-electron chi connectivity index (χ4n) is 0.890. The second-order valence-corrected chi connectivity index (χ2v) is 3.18. The predicted octanol–water partition coefficient (Wildman–Crippen LogP) is 0.174. The largest absolute Gasteiger partial charge is 0.427 e. The van der Waals surface area contributed by atoms with Crippen LogP contribution in [0.1, 0.15) is 12.6 Å². The van der Waals surface area contributed by atoms with E-state index in [2.05, 4.69) is 27.7 Å². The van der Waals surface area contributed by atoms with E-state index in [1.807, 2.05) is 0 Å². The number of nitrogens with one attached hydrogen (secondary N) is 1. The molecule has 1 aromatic heterocycles. The van der Waals surface area contributed by atoms with E-state index in [4.69, 9.17) is 10.5 Å². The van der Waals surface area contributed by atoms with Crippen LogP contribution in [0.4, 0.5) is 0 Å². The van der Waals surface area contributed by atoms with Crippen LogP contribution in [0.5, 0.6) is 5.75 Å². The van der Waals surface area contributed by atoms with Gasteiger partial charge in [-0.05, 0) is 18.3 Å². The van der Waals surface area contributed by atoms with Gasteiger partial charge in [0.25, 0.3) is 0 Å². The van der Waals surface area contributed by atoms with Crippen LogP contribution in [0.2, 0.25) is 0 Å². The minimum atomic E-state index is -0.393. The number of hydrogen-bond donors (Lipinski definition) is 2. The highest BCUT2D eigenvalue weighted by molar-refractivity contribution is 7.80. The minimum absolute atomic E-state index is 0.0624. The van der Waals surface area contributed by atoms with Crippen LogP contribution >= 0.6 is 12.2 Å². The lowest BCUT2D eigenvalue weighted by Gasteiger charge is -2.00. The normalized spacial score (nSPS) is 10.1. The molecule has 0 saturated heterocycles. The fraction of sp³-hybridized carbons (Fsp3) is 0.111. The molecular weight excluding hydrogens is 228 g/mol. The number of carbonyl (C=O) groups excluding carboxylic acids is 1. The molecule has 0 aliphatic carbocycles. The summed E-state index contributed by atoms with van der Waals surface area (Å²) in [4.78, 5) is 14.7. The van der Waals surface area contributed by atoms with Crippen molar-refractivity contribution in [2.75, 3.05) is 0 Å². The average Bonchev–Trinajstić information content (AvgIpc) is 2.16. The summed E-state index contributed by atoms with van der Waals surface area (Å²) >= 11 is 4.56. The Balaban J connectivity index is 2.70. The first-order valence-electron chi connectivity index (χ1n) is 4.31. The van der Waals surface area contributed by atoms with Crippen LogP contribution in [-0.4, -0.2) is 22.3 Å². The Morgan fingerprint density at radius 3 is 3.12 bits per heavy atom. The molecule has 7 heteroatoms. The number of esters is 1. The molecule has 0 saturated carbocycles. The molecule has 0 radical (unpaired) electrons. The van der Waals surface area contributed by atoms with E-state index < -0.39 is 5.97 Å². The maximum atomic E-state index is 10.7. The number of ether oxygens (including phenoxy) is 1. The maximum absolute atomic E-state index is 10.7. The van der Waals surface area contributed by atoms with E-state index in [9.17, 15) is 4.79 Å². The third-order valence-electron chi connectivity index (χ3n) is 1.39. The molecule has 0 aromatic carbocycles.